The van der Waals surface area contributed by atoms with Crippen LogP contribution in [-0.2, 0) is 0 Å². The van der Waals surface area contributed by atoms with Gasteiger partial charge >= 0.3 is 0 Å². The van der Waals surface area contributed by atoms with E-state index in [2.05, 4.69) is 388 Å². The fourth-order valence-electron chi connectivity index (χ4n) is 19.0. The molecule has 0 amide bonds. The SMILES string of the molecule is C.C.C.c1ccc(-c2c3ccccc3c(-c3ccc(-c4c(-c5ccccc5)c5ncncc5c5ccccc45)cc3)c3ccccc23)cc1.c1ccc(-c2ccc(-c3cc(-c4cccnc4)cc(-c4ccc(-c5cccc(-c6ccccn6)n5)nc4)c3)cn2)nc1.c1ccc(-c2nc3c(-c4ccc5ccccc5c4)c4ccccc4c(-c4ccc5ccccc5c4)c3n2-c2ccccc2)cc1. The molecule has 17 aromatic carbocycles. The van der Waals surface area contributed by atoms with Gasteiger partial charge in [0.15, 0.2) is 0 Å². The van der Waals surface area contributed by atoms with Gasteiger partial charge in [0.05, 0.1) is 50.7 Å². The summed E-state index contributed by atoms with van der Waals surface area (Å²) < 4.78 is 2.37. The smallest absolute Gasteiger partial charge is 0.145 e. The zero-order valence-corrected chi connectivity index (χ0v) is 72.2. The van der Waals surface area contributed by atoms with E-state index >= 15 is 0 Å². The Bertz CT molecular complexity index is 8570. The van der Waals surface area contributed by atoms with Crippen LogP contribution < -0.4 is 0 Å². The summed E-state index contributed by atoms with van der Waals surface area (Å²) in [6.07, 6.45) is 14.6. The number of pyridine rings is 6. The Balaban J connectivity index is 0.000000125. The summed E-state index contributed by atoms with van der Waals surface area (Å²) in [7, 11) is 0. The Morgan fingerprint density at radius 3 is 1.04 bits per heavy atom. The Hall–Kier alpha value is -18.0. The third kappa shape index (κ3) is 16.5. The second kappa shape index (κ2) is 38.2. The Morgan fingerprint density at radius 1 is 0.176 bits per heavy atom. The van der Waals surface area contributed by atoms with Gasteiger partial charge in [0, 0.05) is 93.4 Å². The third-order valence-corrected chi connectivity index (χ3v) is 25.1. The summed E-state index contributed by atoms with van der Waals surface area (Å²) in [5.74, 6) is 0.927. The second-order valence-corrected chi connectivity index (χ2v) is 33.1. The van der Waals surface area contributed by atoms with Crippen molar-refractivity contribution < 1.29 is 0 Å². The molecule has 0 spiro atoms. The van der Waals surface area contributed by atoms with Crippen molar-refractivity contribution >= 4 is 86.6 Å². The maximum Gasteiger partial charge on any atom is 0.145 e. The number of imidazole rings is 1. The van der Waals surface area contributed by atoms with Crippen LogP contribution in [0.15, 0.2) is 486 Å². The highest BCUT2D eigenvalue weighted by Gasteiger charge is 2.27. The predicted octanol–water partition coefficient (Wildman–Crippen LogP) is 33.2. The van der Waals surface area contributed by atoms with Crippen molar-refractivity contribution in [3.05, 3.63) is 486 Å². The zero-order chi connectivity index (χ0) is 88.3. The molecule has 646 valence electrons. The molecule has 0 saturated heterocycles. The summed E-state index contributed by atoms with van der Waals surface area (Å²) >= 11 is 0. The van der Waals surface area contributed by atoms with Crippen LogP contribution >= 0.6 is 0 Å². The molecular weight excluding hydrogens is 1650 g/mol. The predicted molar refractivity (Wildman–Crippen MR) is 570 cm³/mol. The molecule has 10 heteroatoms. The third-order valence-electron chi connectivity index (χ3n) is 25.1. The average Bonchev–Trinajstić information content (AvgIpc) is 1.47. The zero-order valence-electron chi connectivity index (χ0n) is 72.2. The molecule has 0 aliphatic heterocycles. The largest absolute Gasteiger partial charge is 0.292 e. The van der Waals surface area contributed by atoms with Crippen LogP contribution in [0.3, 0.4) is 0 Å². The number of nitrogens with zero attached hydrogens (tertiary/aromatic N) is 10. The van der Waals surface area contributed by atoms with Crippen LogP contribution in [-0.4, -0.2) is 49.4 Å². The van der Waals surface area contributed by atoms with Crippen LogP contribution in [0.5, 0.6) is 0 Å². The Morgan fingerprint density at radius 2 is 0.551 bits per heavy atom. The summed E-state index contributed by atoms with van der Waals surface area (Å²) in [5.41, 5.74) is 30.7. The highest BCUT2D eigenvalue weighted by molar-refractivity contribution is 6.24. The first-order chi connectivity index (χ1) is 66.0. The molecule has 8 aromatic heterocycles. The highest BCUT2D eigenvalue weighted by atomic mass is 15.1. The van der Waals surface area contributed by atoms with Gasteiger partial charge in [-0.25, -0.2) is 19.9 Å². The molecule has 25 rings (SSSR count). The first-order valence-electron chi connectivity index (χ1n) is 44.6. The lowest BCUT2D eigenvalue weighted by atomic mass is 9.84. The van der Waals surface area contributed by atoms with Crippen molar-refractivity contribution in [3.63, 3.8) is 0 Å². The van der Waals surface area contributed by atoms with Gasteiger partial charge in [-0.05, 0) is 228 Å². The van der Waals surface area contributed by atoms with Crippen molar-refractivity contribution in [3.8, 4) is 151 Å². The normalized spacial score (nSPS) is 11.1. The van der Waals surface area contributed by atoms with Gasteiger partial charge in [-0.1, -0.05) is 362 Å². The van der Waals surface area contributed by atoms with E-state index in [-0.39, 0.29) is 22.3 Å². The summed E-state index contributed by atoms with van der Waals surface area (Å²) in [5, 5.41) is 15.8. The molecular formula is C126H92N10. The Kier molecular flexibility index (Phi) is 24.2. The lowest BCUT2D eigenvalue weighted by Gasteiger charge is -2.19. The van der Waals surface area contributed by atoms with Gasteiger partial charge < -0.3 is 0 Å². The number of para-hydroxylation sites is 1. The van der Waals surface area contributed by atoms with E-state index in [4.69, 9.17) is 24.9 Å². The van der Waals surface area contributed by atoms with Crippen molar-refractivity contribution in [2.24, 2.45) is 0 Å². The van der Waals surface area contributed by atoms with E-state index < -0.39 is 0 Å². The average molecular weight is 1750 g/mol. The van der Waals surface area contributed by atoms with Gasteiger partial charge in [0.2, 0.25) is 0 Å². The minimum absolute atomic E-state index is 0. The maximum atomic E-state index is 5.58. The van der Waals surface area contributed by atoms with E-state index in [0.29, 0.717) is 0 Å². The maximum absolute atomic E-state index is 5.58. The van der Waals surface area contributed by atoms with Crippen molar-refractivity contribution in [1.82, 2.24) is 49.4 Å². The molecule has 0 saturated carbocycles. The van der Waals surface area contributed by atoms with Crippen LogP contribution in [0, 0.1) is 0 Å². The first-order valence-corrected chi connectivity index (χ1v) is 44.6. The molecule has 0 aliphatic carbocycles. The Labute approximate surface area is 790 Å². The highest BCUT2D eigenvalue weighted by Crippen LogP contribution is 2.50. The minimum Gasteiger partial charge on any atom is -0.292 e. The quantitative estimate of drug-likeness (QED) is 0.0774. The first kappa shape index (κ1) is 86.1. The molecule has 0 radical (unpaired) electrons. The van der Waals surface area contributed by atoms with E-state index in [9.17, 15) is 0 Å². The number of hydrogen-bond acceptors (Lipinski definition) is 9. The molecule has 8 heterocycles. The summed E-state index contributed by atoms with van der Waals surface area (Å²) in [6.45, 7) is 0. The van der Waals surface area contributed by atoms with E-state index in [1.54, 1.807) is 24.9 Å². The number of fused-ring (bicyclic) bond motifs is 9. The van der Waals surface area contributed by atoms with Crippen LogP contribution in [0.25, 0.3) is 238 Å². The van der Waals surface area contributed by atoms with Crippen LogP contribution in [0.4, 0.5) is 0 Å². The monoisotopic (exact) mass is 1740 g/mol. The van der Waals surface area contributed by atoms with Crippen molar-refractivity contribution in [2.45, 2.75) is 22.3 Å². The van der Waals surface area contributed by atoms with Crippen molar-refractivity contribution in [2.75, 3.05) is 0 Å². The molecule has 0 fully saturated rings. The molecule has 25 aromatic rings. The minimum atomic E-state index is 0. The molecule has 0 atom stereocenters. The van der Waals surface area contributed by atoms with Gasteiger partial charge in [-0.3, -0.25) is 29.5 Å². The summed E-state index contributed by atoms with van der Waals surface area (Å²) in [6, 6.07) is 154. The molecule has 136 heavy (non-hydrogen) atoms. The van der Waals surface area contributed by atoms with Gasteiger partial charge in [0.25, 0.3) is 0 Å². The second-order valence-electron chi connectivity index (χ2n) is 33.1. The van der Waals surface area contributed by atoms with Gasteiger partial charge in [0.1, 0.15) is 12.2 Å². The number of benzene rings is 17. The number of aromatic nitrogens is 10. The van der Waals surface area contributed by atoms with E-state index in [1.807, 2.05) is 97.6 Å². The van der Waals surface area contributed by atoms with Crippen LogP contribution in [0.1, 0.15) is 22.3 Å². The molecule has 0 N–H and O–H groups in total. The van der Waals surface area contributed by atoms with Gasteiger partial charge in [-0.2, -0.15) is 0 Å². The number of hydrogen-bond donors (Lipinski definition) is 0. The topological polar surface area (TPSA) is 121 Å². The lowest BCUT2D eigenvalue weighted by Crippen LogP contribution is -1.99. The molecule has 0 aliphatic rings. The van der Waals surface area contributed by atoms with Crippen molar-refractivity contribution in [1.29, 1.82) is 0 Å². The van der Waals surface area contributed by atoms with E-state index in [1.165, 1.54) is 98.2 Å². The summed E-state index contributed by atoms with van der Waals surface area (Å²) in [4.78, 5) is 42.3. The van der Waals surface area contributed by atoms with E-state index in [0.717, 1.165) is 140 Å². The molecule has 0 unspecified atom stereocenters. The molecule has 0 bridgehead atoms. The number of rotatable bonds is 14. The fraction of sp³-hybridized carbons (Fsp3) is 0.0238. The fourth-order valence-corrected chi connectivity index (χ4v) is 19.0. The standard InChI is InChI=1S/C44H28N2.C43H28N2.C36H24N6.3CH4/c1-3-13-29(14-4-1)40-35-19-9-11-21-37(35)41(38-22-12-10-20-36(38)40)31-23-25-32(26-24-31)42-34-18-8-7-17-33(34)39-27-45-28-46-44(39)43(42)30-15-5-2-6-16-30;1-3-15-31(16-4-1)43-44-41-39(34-25-23-29-13-7-9-17-32(29)27-34)37-21-11-12-22-38(37)40(42(41)45(43)36-19-5-2-6-20-36)35-26-24-30-14-8-10-18-33(30)28-35;1-3-17-38-31(8-1)33-14-12-26(23-40-33)29-19-28(25-7-6-16-37-22-25)20-30(21-29)27-13-15-34(41-24-27)36-11-5-10-35(42-36)32-9-2-4-18-39-32;;;/h1-28H;1-28H;1-24H;3*1H4. The molecule has 10 nitrogen and oxygen atoms in total. The van der Waals surface area contributed by atoms with Crippen LogP contribution in [0.2, 0.25) is 0 Å². The lowest BCUT2D eigenvalue weighted by molar-refractivity contribution is 1.10. The van der Waals surface area contributed by atoms with Gasteiger partial charge in [-0.15, -0.1) is 0 Å².